The van der Waals surface area contributed by atoms with E-state index >= 15 is 0 Å². The molecule has 4 heteroatoms. The Morgan fingerprint density at radius 2 is 2.00 bits per heavy atom. The minimum Gasteiger partial charge on any atom is -0.326 e. The maximum Gasteiger partial charge on any atom is 0.228 e. The predicted octanol–water partition coefficient (Wildman–Crippen LogP) is 3.33. The van der Waals surface area contributed by atoms with E-state index < -0.39 is 0 Å². The largest absolute Gasteiger partial charge is 0.326 e. The molecule has 1 heterocycles. The molecule has 1 N–H and O–H groups in total. The summed E-state index contributed by atoms with van der Waals surface area (Å²) in [5, 5.41) is 2.88. The first-order valence-corrected chi connectivity index (χ1v) is 6.39. The van der Waals surface area contributed by atoms with E-state index in [1.54, 1.807) is 12.4 Å². The van der Waals surface area contributed by atoms with Crippen molar-refractivity contribution in [2.75, 3.05) is 5.32 Å². The lowest BCUT2D eigenvalue weighted by Gasteiger charge is -2.07. The van der Waals surface area contributed by atoms with Crippen molar-refractivity contribution in [3.63, 3.8) is 0 Å². The van der Waals surface area contributed by atoms with Crippen LogP contribution in [-0.2, 0) is 11.2 Å². The van der Waals surface area contributed by atoms with Crippen LogP contribution in [-0.4, -0.2) is 10.9 Å². The van der Waals surface area contributed by atoms with Crippen molar-refractivity contribution in [2.45, 2.75) is 13.3 Å². The van der Waals surface area contributed by atoms with E-state index in [9.17, 15) is 4.79 Å². The summed E-state index contributed by atoms with van der Waals surface area (Å²) in [6, 6.07) is 9.42. The maximum atomic E-state index is 11.8. The van der Waals surface area contributed by atoms with Gasteiger partial charge in [0.05, 0.1) is 6.42 Å². The molecule has 0 fully saturated rings. The van der Waals surface area contributed by atoms with E-state index in [-0.39, 0.29) is 5.91 Å². The van der Waals surface area contributed by atoms with Crippen molar-refractivity contribution in [1.82, 2.24) is 4.98 Å². The SMILES string of the molecule is Cc1cc(NC(=O)Cc2ccncc2)ccc1Br. The van der Waals surface area contributed by atoms with Gasteiger partial charge in [0.2, 0.25) is 5.91 Å². The standard InChI is InChI=1S/C14H13BrN2O/c1-10-8-12(2-3-13(10)15)17-14(18)9-11-4-6-16-7-5-11/h2-8H,9H2,1H3,(H,17,18). The summed E-state index contributed by atoms with van der Waals surface area (Å²) in [7, 11) is 0. The molecule has 1 amide bonds. The Bertz CT molecular complexity index is 555. The summed E-state index contributed by atoms with van der Waals surface area (Å²) >= 11 is 3.43. The zero-order chi connectivity index (χ0) is 13.0. The summed E-state index contributed by atoms with van der Waals surface area (Å²) in [6.45, 7) is 1.99. The van der Waals surface area contributed by atoms with Crippen LogP contribution >= 0.6 is 15.9 Å². The van der Waals surface area contributed by atoms with Gasteiger partial charge in [0.1, 0.15) is 0 Å². The quantitative estimate of drug-likeness (QED) is 0.945. The van der Waals surface area contributed by atoms with Gasteiger partial charge in [0, 0.05) is 22.6 Å². The summed E-state index contributed by atoms with van der Waals surface area (Å²) in [5.74, 6) is -0.0251. The number of hydrogen-bond donors (Lipinski definition) is 1. The molecule has 92 valence electrons. The fourth-order valence-electron chi connectivity index (χ4n) is 1.61. The Balaban J connectivity index is 2.01. The van der Waals surface area contributed by atoms with Crippen molar-refractivity contribution in [1.29, 1.82) is 0 Å². The highest BCUT2D eigenvalue weighted by Crippen LogP contribution is 2.20. The Kier molecular flexibility index (Phi) is 4.10. The van der Waals surface area contributed by atoms with Gasteiger partial charge in [-0.2, -0.15) is 0 Å². The molecule has 2 rings (SSSR count). The van der Waals surface area contributed by atoms with Gasteiger partial charge < -0.3 is 5.32 Å². The summed E-state index contributed by atoms with van der Waals surface area (Å²) in [5.41, 5.74) is 2.86. The van der Waals surface area contributed by atoms with Crippen molar-refractivity contribution in [3.8, 4) is 0 Å². The van der Waals surface area contributed by atoms with Crippen LogP contribution in [0.15, 0.2) is 47.2 Å². The average molecular weight is 305 g/mol. The van der Waals surface area contributed by atoms with E-state index in [0.717, 1.165) is 21.3 Å². The van der Waals surface area contributed by atoms with Gasteiger partial charge in [-0.05, 0) is 48.4 Å². The van der Waals surface area contributed by atoms with Crippen LogP contribution in [0.4, 0.5) is 5.69 Å². The van der Waals surface area contributed by atoms with Crippen LogP contribution in [0.1, 0.15) is 11.1 Å². The molecular formula is C14H13BrN2O. The molecule has 2 aromatic rings. The van der Waals surface area contributed by atoms with Gasteiger partial charge in [-0.15, -0.1) is 0 Å². The average Bonchev–Trinajstić information content (AvgIpc) is 2.35. The molecule has 0 atom stereocenters. The maximum absolute atomic E-state index is 11.8. The van der Waals surface area contributed by atoms with Gasteiger partial charge in [-0.1, -0.05) is 15.9 Å². The highest BCUT2D eigenvalue weighted by molar-refractivity contribution is 9.10. The number of aromatic nitrogens is 1. The molecular weight excluding hydrogens is 292 g/mol. The number of anilines is 1. The summed E-state index contributed by atoms with van der Waals surface area (Å²) < 4.78 is 1.04. The molecule has 0 aliphatic rings. The fourth-order valence-corrected chi connectivity index (χ4v) is 1.86. The molecule has 1 aromatic carbocycles. The second kappa shape index (κ2) is 5.78. The molecule has 0 bridgehead atoms. The van der Waals surface area contributed by atoms with E-state index in [1.807, 2.05) is 37.3 Å². The molecule has 0 radical (unpaired) electrons. The van der Waals surface area contributed by atoms with Gasteiger partial charge in [-0.25, -0.2) is 0 Å². The third-order valence-corrected chi connectivity index (χ3v) is 3.45. The molecule has 0 aliphatic carbocycles. The lowest BCUT2D eigenvalue weighted by atomic mass is 10.2. The summed E-state index contributed by atoms with van der Waals surface area (Å²) in [4.78, 5) is 15.8. The van der Waals surface area contributed by atoms with E-state index in [4.69, 9.17) is 0 Å². The van der Waals surface area contributed by atoms with Gasteiger partial charge >= 0.3 is 0 Å². The molecule has 3 nitrogen and oxygen atoms in total. The predicted molar refractivity (Wildman–Crippen MR) is 75.4 cm³/mol. The minimum absolute atomic E-state index is 0.0251. The highest BCUT2D eigenvalue weighted by atomic mass is 79.9. The van der Waals surface area contributed by atoms with E-state index in [2.05, 4.69) is 26.2 Å². The van der Waals surface area contributed by atoms with Crippen LogP contribution in [0.2, 0.25) is 0 Å². The second-order valence-corrected chi connectivity index (χ2v) is 4.90. The van der Waals surface area contributed by atoms with Crippen LogP contribution in [0.3, 0.4) is 0 Å². The Hall–Kier alpha value is -1.68. The van der Waals surface area contributed by atoms with Crippen molar-refractivity contribution < 1.29 is 4.79 Å². The number of pyridine rings is 1. The molecule has 0 spiro atoms. The number of aryl methyl sites for hydroxylation is 1. The Labute approximate surface area is 114 Å². The zero-order valence-corrected chi connectivity index (χ0v) is 11.6. The number of benzene rings is 1. The molecule has 0 saturated heterocycles. The number of nitrogens with zero attached hydrogens (tertiary/aromatic N) is 1. The first kappa shape index (κ1) is 12.8. The van der Waals surface area contributed by atoms with E-state index in [1.165, 1.54) is 0 Å². The number of carbonyl (C=O) groups excluding carboxylic acids is 1. The number of rotatable bonds is 3. The zero-order valence-electron chi connectivity index (χ0n) is 9.98. The molecule has 0 saturated carbocycles. The van der Waals surface area contributed by atoms with Crippen LogP contribution < -0.4 is 5.32 Å². The third-order valence-electron chi connectivity index (χ3n) is 2.56. The number of halogens is 1. The molecule has 0 unspecified atom stereocenters. The Morgan fingerprint density at radius 3 is 2.67 bits per heavy atom. The van der Waals surface area contributed by atoms with Gasteiger partial charge in [0.15, 0.2) is 0 Å². The smallest absolute Gasteiger partial charge is 0.228 e. The first-order valence-electron chi connectivity index (χ1n) is 5.60. The van der Waals surface area contributed by atoms with Crippen LogP contribution in [0.5, 0.6) is 0 Å². The Morgan fingerprint density at radius 1 is 1.28 bits per heavy atom. The monoisotopic (exact) mass is 304 g/mol. The molecule has 18 heavy (non-hydrogen) atoms. The fraction of sp³-hybridized carbons (Fsp3) is 0.143. The van der Waals surface area contributed by atoms with E-state index in [0.29, 0.717) is 6.42 Å². The van der Waals surface area contributed by atoms with Crippen molar-refractivity contribution >= 4 is 27.5 Å². The first-order chi connectivity index (χ1) is 8.65. The van der Waals surface area contributed by atoms with Gasteiger partial charge in [-0.3, -0.25) is 9.78 Å². The van der Waals surface area contributed by atoms with Gasteiger partial charge in [0.25, 0.3) is 0 Å². The third kappa shape index (κ3) is 3.40. The topological polar surface area (TPSA) is 42.0 Å². The highest BCUT2D eigenvalue weighted by Gasteiger charge is 2.04. The normalized spacial score (nSPS) is 10.1. The number of hydrogen-bond acceptors (Lipinski definition) is 2. The minimum atomic E-state index is -0.0251. The number of carbonyl (C=O) groups is 1. The molecule has 1 aromatic heterocycles. The number of amides is 1. The van der Waals surface area contributed by atoms with Crippen molar-refractivity contribution in [2.24, 2.45) is 0 Å². The lowest BCUT2D eigenvalue weighted by Crippen LogP contribution is -2.14. The number of nitrogens with one attached hydrogen (secondary N) is 1. The summed E-state index contributed by atoms with van der Waals surface area (Å²) in [6.07, 6.45) is 3.73. The van der Waals surface area contributed by atoms with Crippen LogP contribution in [0, 0.1) is 6.92 Å². The van der Waals surface area contributed by atoms with Crippen molar-refractivity contribution in [3.05, 3.63) is 58.3 Å². The molecule has 0 aliphatic heterocycles. The second-order valence-electron chi connectivity index (χ2n) is 4.04. The van der Waals surface area contributed by atoms with Crippen LogP contribution in [0.25, 0.3) is 0 Å². The lowest BCUT2D eigenvalue weighted by molar-refractivity contribution is -0.115.